The van der Waals surface area contributed by atoms with E-state index in [0.29, 0.717) is 0 Å². The van der Waals surface area contributed by atoms with Gasteiger partial charge in [0.2, 0.25) is 0 Å². The molecule has 26 heavy (non-hydrogen) atoms. The van der Waals surface area contributed by atoms with Crippen molar-refractivity contribution >= 4 is 12.2 Å². The fourth-order valence-corrected chi connectivity index (χ4v) is 3.05. The molecule has 0 N–H and O–H groups in total. The van der Waals surface area contributed by atoms with Crippen LogP contribution in [0.4, 0.5) is 0 Å². The first-order valence-corrected chi connectivity index (χ1v) is 10.2. The molecular formula is C25H34O. The highest BCUT2D eigenvalue weighted by molar-refractivity contribution is 5.72. The molecule has 0 aromatic heterocycles. The van der Waals surface area contributed by atoms with Gasteiger partial charge >= 0.3 is 0 Å². The van der Waals surface area contributed by atoms with Crippen LogP contribution in [0.5, 0.6) is 5.75 Å². The number of rotatable bonds is 10. The Bertz CT molecular complexity index is 695. The topological polar surface area (TPSA) is 9.23 Å². The van der Waals surface area contributed by atoms with Crippen LogP contribution in [0, 0.1) is 13.8 Å². The fraction of sp³-hybridized carbons (Fsp3) is 0.440. The van der Waals surface area contributed by atoms with Crippen molar-refractivity contribution in [3.05, 3.63) is 64.2 Å². The molecule has 0 saturated heterocycles. The first-order valence-electron chi connectivity index (χ1n) is 10.2. The van der Waals surface area contributed by atoms with Crippen LogP contribution in [0.3, 0.4) is 0 Å². The molecule has 2 aromatic rings. The molecule has 0 bridgehead atoms. The van der Waals surface area contributed by atoms with Gasteiger partial charge in [0.1, 0.15) is 5.75 Å². The predicted octanol–water partition coefficient (Wildman–Crippen LogP) is 7.39. The van der Waals surface area contributed by atoms with Gasteiger partial charge in [0, 0.05) is 0 Å². The Hall–Kier alpha value is -2.02. The van der Waals surface area contributed by atoms with Crippen molar-refractivity contribution in [2.75, 3.05) is 6.61 Å². The third-order valence-electron chi connectivity index (χ3n) is 5.04. The van der Waals surface area contributed by atoms with Crippen LogP contribution in [0.15, 0.2) is 36.4 Å². The van der Waals surface area contributed by atoms with E-state index in [1.165, 1.54) is 59.9 Å². The average molecular weight is 351 g/mol. The maximum Gasteiger partial charge on any atom is 0.122 e. The number of hydrogen-bond donors (Lipinski definition) is 0. The number of aryl methyl sites for hydroxylation is 1. The molecule has 1 nitrogen and oxygen atoms in total. The summed E-state index contributed by atoms with van der Waals surface area (Å²) in [6.45, 7) is 9.61. The van der Waals surface area contributed by atoms with Gasteiger partial charge in [-0.15, -0.1) is 0 Å². The summed E-state index contributed by atoms with van der Waals surface area (Å²) in [6, 6.07) is 13.2. The quantitative estimate of drug-likeness (QED) is 0.321. The van der Waals surface area contributed by atoms with Crippen LogP contribution in [-0.2, 0) is 6.42 Å². The SMILES string of the molecule is CCCCCOc1ccc(C=Cc2ccc(CCCC)cc2)c(C)c1C. The van der Waals surface area contributed by atoms with Crippen LogP contribution < -0.4 is 4.74 Å². The second-order valence-electron chi connectivity index (χ2n) is 7.14. The van der Waals surface area contributed by atoms with Gasteiger partial charge in [-0.1, -0.05) is 75.6 Å². The summed E-state index contributed by atoms with van der Waals surface area (Å²) in [4.78, 5) is 0. The minimum absolute atomic E-state index is 0.813. The van der Waals surface area contributed by atoms with Crippen molar-refractivity contribution in [2.45, 2.75) is 66.2 Å². The van der Waals surface area contributed by atoms with E-state index < -0.39 is 0 Å². The molecule has 0 fully saturated rings. The van der Waals surface area contributed by atoms with Gasteiger partial charge in [-0.2, -0.15) is 0 Å². The minimum atomic E-state index is 0.813. The van der Waals surface area contributed by atoms with Gasteiger partial charge < -0.3 is 4.74 Å². The van der Waals surface area contributed by atoms with Gasteiger partial charge in [-0.3, -0.25) is 0 Å². The van der Waals surface area contributed by atoms with Crippen molar-refractivity contribution in [3.63, 3.8) is 0 Å². The van der Waals surface area contributed by atoms with E-state index in [9.17, 15) is 0 Å². The predicted molar refractivity (Wildman–Crippen MR) is 115 cm³/mol. The Balaban J connectivity index is 2.02. The Morgan fingerprint density at radius 2 is 1.50 bits per heavy atom. The van der Waals surface area contributed by atoms with Crippen LogP contribution in [-0.4, -0.2) is 6.61 Å². The molecule has 140 valence electrons. The molecule has 1 heteroatoms. The molecule has 0 saturated carbocycles. The Morgan fingerprint density at radius 3 is 2.19 bits per heavy atom. The lowest BCUT2D eigenvalue weighted by Gasteiger charge is -2.13. The average Bonchev–Trinajstić information content (AvgIpc) is 2.67. The number of benzene rings is 2. The van der Waals surface area contributed by atoms with Gasteiger partial charge in [-0.05, 0) is 67.0 Å². The third kappa shape index (κ3) is 6.05. The highest BCUT2D eigenvalue weighted by Gasteiger charge is 2.05. The molecule has 0 atom stereocenters. The molecule has 0 spiro atoms. The first-order chi connectivity index (χ1) is 12.7. The van der Waals surface area contributed by atoms with Crippen molar-refractivity contribution in [1.82, 2.24) is 0 Å². The van der Waals surface area contributed by atoms with Gasteiger partial charge in [-0.25, -0.2) is 0 Å². The van der Waals surface area contributed by atoms with Crippen LogP contribution in [0.1, 0.15) is 73.8 Å². The monoisotopic (exact) mass is 350 g/mol. The number of unbranched alkanes of at least 4 members (excludes halogenated alkanes) is 3. The van der Waals surface area contributed by atoms with Crippen LogP contribution in [0.25, 0.3) is 12.2 Å². The largest absolute Gasteiger partial charge is 0.493 e. The molecule has 0 aliphatic rings. The van der Waals surface area contributed by atoms with E-state index in [0.717, 1.165) is 18.8 Å². The van der Waals surface area contributed by atoms with Crippen LogP contribution >= 0.6 is 0 Å². The zero-order valence-corrected chi connectivity index (χ0v) is 17.0. The molecule has 0 aliphatic carbocycles. The second kappa shape index (κ2) is 10.9. The van der Waals surface area contributed by atoms with E-state index in [-0.39, 0.29) is 0 Å². The highest BCUT2D eigenvalue weighted by atomic mass is 16.5. The standard InChI is InChI=1S/C25H34O/c1-5-7-9-19-26-25-18-17-24(20(3)21(25)4)16-15-23-13-11-22(12-14-23)10-8-6-2/h11-18H,5-10,19H2,1-4H3. The molecular weight excluding hydrogens is 316 g/mol. The van der Waals surface area contributed by atoms with Crippen LogP contribution in [0.2, 0.25) is 0 Å². The summed E-state index contributed by atoms with van der Waals surface area (Å²) in [5.74, 6) is 1.02. The highest BCUT2D eigenvalue weighted by Crippen LogP contribution is 2.26. The molecule has 2 rings (SSSR count). The molecule has 0 amide bonds. The smallest absolute Gasteiger partial charge is 0.122 e. The Labute approximate surface area is 160 Å². The molecule has 0 heterocycles. The summed E-state index contributed by atoms with van der Waals surface area (Å²) in [7, 11) is 0. The molecule has 2 aromatic carbocycles. The summed E-state index contributed by atoms with van der Waals surface area (Å²) < 4.78 is 5.96. The van der Waals surface area contributed by atoms with Crippen molar-refractivity contribution in [2.24, 2.45) is 0 Å². The molecule has 0 radical (unpaired) electrons. The lowest BCUT2D eigenvalue weighted by atomic mass is 10.0. The van der Waals surface area contributed by atoms with E-state index in [1.807, 2.05) is 0 Å². The van der Waals surface area contributed by atoms with E-state index in [2.05, 4.69) is 76.2 Å². The summed E-state index contributed by atoms with van der Waals surface area (Å²) in [5, 5.41) is 0. The zero-order valence-electron chi connectivity index (χ0n) is 17.0. The lowest BCUT2D eigenvalue weighted by Crippen LogP contribution is -2.00. The second-order valence-corrected chi connectivity index (χ2v) is 7.14. The van der Waals surface area contributed by atoms with Crippen molar-refractivity contribution in [3.8, 4) is 5.75 Å². The zero-order chi connectivity index (χ0) is 18.8. The fourth-order valence-electron chi connectivity index (χ4n) is 3.05. The Kier molecular flexibility index (Phi) is 8.47. The van der Waals surface area contributed by atoms with E-state index in [1.54, 1.807) is 0 Å². The minimum Gasteiger partial charge on any atom is -0.493 e. The first kappa shape index (κ1) is 20.3. The number of ether oxygens (including phenoxy) is 1. The Morgan fingerprint density at radius 1 is 0.769 bits per heavy atom. The summed E-state index contributed by atoms with van der Waals surface area (Å²) >= 11 is 0. The number of hydrogen-bond acceptors (Lipinski definition) is 1. The van der Waals surface area contributed by atoms with Crippen molar-refractivity contribution < 1.29 is 4.74 Å². The van der Waals surface area contributed by atoms with Gasteiger partial charge in [0.05, 0.1) is 6.61 Å². The normalized spacial score (nSPS) is 11.2. The van der Waals surface area contributed by atoms with Gasteiger partial charge in [0.15, 0.2) is 0 Å². The van der Waals surface area contributed by atoms with Crippen molar-refractivity contribution in [1.29, 1.82) is 0 Å². The lowest BCUT2D eigenvalue weighted by molar-refractivity contribution is 0.304. The summed E-state index contributed by atoms with van der Waals surface area (Å²) in [5.41, 5.74) is 6.49. The molecule has 0 aliphatic heterocycles. The van der Waals surface area contributed by atoms with E-state index in [4.69, 9.17) is 4.74 Å². The molecule has 0 unspecified atom stereocenters. The maximum absolute atomic E-state index is 5.96. The van der Waals surface area contributed by atoms with E-state index >= 15 is 0 Å². The van der Waals surface area contributed by atoms with Gasteiger partial charge in [0.25, 0.3) is 0 Å². The summed E-state index contributed by atoms with van der Waals surface area (Å²) in [6.07, 6.45) is 11.7. The third-order valence-corrected chi connectivity index (χ3v) is 5.04. The maximum atomic E-state index is 5.96.